The van der Waals surface area contributed by atoms with Gasteiger partial charge in [-0.15, -0.1) is 0 Å². The summed E-state index contributed by atoms with van der Waals surface area (Å²) in [6.07, 6.45) is 0. The number of halogens is 1. The second kappa shape index (κ2) is 6.71. The summed E-state index contributed by atoms with van der Waals surface area (Å²) in [5, 5.41) is 0.161. The van der Waals surface area contributed by atoms with Gasteiger partial charge in [0.25, 0.3) is 0 Å². The van der Waals surface area contributed by atoms with E-state index in [9.17, 15) is 0 Å². The topological polar surface area (TPSA) is 27.7 Å². The molecule has 5 heteroatoms. The van der Waals surface area contributed by atoms with Crippen molar-refractivity contribution in [3.63, 3.8) is 0 Å². The first-order valence-corrected chi connectivity index (χ1v) is 10.5. The summed E-state index contributed by atoms with van der Waals surface area (Å²) in [6, 6.07) is 3.07. The monoisotopic (exact) mass is 374 g/mol. The Balaban J connectivity index is 3.36. The first-order chi connectivity index (χ1) is 9.61. The Morgan fingerprint density at radius 1 is 1.10 bits per heavy atom. The summed E-state index contributed by atoms with van der Waals surface area (Å²) in [4.78, 5) is 0. The second-order valence-corrected chi connectivity index (χ2v) is 12.1. The molecule has 1 rings (SSSR count). The molecule has 0 saturated heterocycles. The van der Waals surface area contributed by atoms with Gasteiger partial charge in [-0.3, -0.25) is 0 Å². The Hall–Kier alpha value is -0.523. The Kier molecular flexibility index (Phi) is 5.92. The third-order valence-electron chi connectivity index (χ3n) is 4.52. The van der Waals surface area contributed by atoms with Crippen molar-refractivity contribution in [3.8, 4) is 11.5 Å². The molecule has 1 atom stereocenters. The number of rotatable bonds is 5. The second-order valence-electron chi connectivity index (χ2n) is 6.57. The minimum Gasteiger partial charge on any atom is -0.493 e. The van der Waals surface area contributed by atoms with Crippen LogP contribution in [0.3, 0.4) is 0 Å². The van der Waals surface area contributed by atoms with Crippen LogP contribution in [0.15, 0.2) is 10.5 Å². The zero-order valence-corrected chi connectivity index (χ0v) is 17.0. The van der Waals surface area contributed by atoms with Crippen molar-refractivity contribution in [2.45, 2.75) is 45.3 Å². The van der Waals surface area contributed by atoms with Crippen molar-refractivity contribution >= 4 is 24.2 Å². The van der Waals surface area contributed by atoms with Crippen molar-refractivity contribution in [1.82, 2.24) is 0 Å². The number of methoxy groups -OCH3 is 2. The summed E-state index contributed by atoms with van der Waals surface area (Å²) in [6.45, 7) is 11.1. The Bertz CT molecular complexity index is 511. The van der Waals surface area contributed by atoms with E-state index in [0.717, 1.165) is 27.6 Å². The predicted octanol–water partition coefficient (Wildman–Crippen LogP) is 4.88. The molecule has 0 radical (unpaired) electrons. The van der Waals surface area contributed by atoms with Gasteiger partial charge in [0.05, 0.1) is 18.7 Å². The van der Waals surface area contributed by atoms with Crippen LogP contribution in [-0.4, -0.2) is 29.6 Å². The highest BCUT2D eigenvalue weighted by Crippen LogP contribution is 2.43. The van der Waals surface area contributed by atoms with Crippen molar-refractivity contribution in [1.29, 1.82) is 0 Å². The van der Waals surface area contributed by atoms with Crippen LogP contribution in [0, 0.1) is 6.92 Å². The molecule has 0 heterocycles. The number of ether oxygens (including phenoxy) is 2. The van der Waals surface area contributed by atoms with Gasteiger partial charge in [-0.05, 0) is 57.7 Å². The van der Waals surface area contributed by atoms with Crippen LogP contribution >= 0.6 is 15.9 Å². The van der Waals surface area contributed by atoms with E-state index in [1.54, 1.807) is 14.2 Å². The van der Waals surface area contributed by atoms with Crippen LogP contribution in [0.2, 0.25) is 11.6 Å². The van der Waals surface area contributed by atoms with Gasteiger partial charge < -0.3 is 13.9 Å². The molecule has 3 nitrogen and oxygen atoms in total. The summed E-state index contributed by atoms with van der Waals surface area (Å²) in [7, 11) is 3.27. The molecule has 0 saturated carbocycles. The number of hydrogen-bond acceptors (Lipinski definition) is 3. The lowest BCUT2D eigenvalue weighted by molar-refractivity contribution is 0.349. The maximum atomic E-state index is 5.98. The normalized spacial score (nSPS) is 14.7. The van der Waals surface area contributed by atoms with Crippen LogP contribution < -0.4 is 9.47 Å². The van der Waals surface area contributed by atoms with Crippen LogP contribution in [0.4, 0.5) is 0 Å². The molecule has 1 aromatic rings. The summed E-state index contributed by atoms with van der Waals surface area (Å²) in [5.41, 5.74) is 2.38. The van der Waals surface area contributed by atoms with E-state index in [2.05, 4.69) is 56.2 Å². The molecular weight excluding hydrogens is 348 g/mol. The fraction of sp³-hybridized carbons (Fsp3) is 0.625. The predicted molar refractivity (Wildman–Crippen MR) is 94.0 cm³/mol. The lowest BCUT2D eigenvalue weighted by Crippen LogP contribution is -2.46. The van der Waals surface area contributed by atoms with E-state index >= 15 is 0 Å². The quantitative estimate of drug-likeness (QED) is 0.687. The Morgan fingerprint density at radius 2 is 1.62 bits per heavy atom. The molecule has 0 aliphatic carbocycles. The molecule has 21 heavy (non-hydrogen) atoms. The summed E-state index contributed by atoms with van der Waals surface area (Å²) in [5.74, 6) is 1.54. The minimum absolute atomic E-state index is 0.161. The van der Waals surface area contributed by atoms with Crippen LogP contribution in [0.1, 0.15) is 31.9 Å². The highest BCUT2D eigenvalue weighted by atomic mass is 79.9. The highest BCUT2D eigenvalue weighted by Gasteiger charge is 2.41. The number of benzene rings is 1. The zero-order valence-electron chi connectivity index (χ0n) is 14.4. The fourth-order valence-corrected chi connectivity index (χ4v) is 5.38. The van der Waals surface area contributed by atoms with Crippen molar-refractivity contribution in [2.24, 2.45) is 0 Å². The van der Waals surface area contributed by atoms with Crippen LogP contribution in [0.5, 0.6) is 11.5 Å². The van der Waals surface area contributed by atoms with Crippen molar-refractivity contribution in [3.05, 3.63) is 21.7 Å². The highest BCUT2D eigenvalue weighted by molar-refractivity contribution is 9.10. The van der Waals surface area contributed by atoms with E-state index in [-0.39, 0.29) is 5.04 Å². The van der Waals surface area contributed by atoms with Crippen molar-refractivity contribution in [2.75, 3.05) is 21.3 Å². The number of hydrogen-bond donors (Lipinski definition) is 0. The van der Waals surface area contributed by atoms with Crippen LogP contribution in [0.25, 0.3) is 0 Å². The molecule has 0 fully saturated rings. The van der Waals surface area contributed by atoms with Gasteiger partial charge in [0, 0.05) is 7.11 Å². The van der Waals surface area contributed by atoms with E-state index in [1.165, 1.54) is 5.56 Å². The SMILES string of the molecule is COc1c(Br)cc(C[Si](C)(OC)C(C)(C)C)c(C)c1OC. The van der Waals surface area contributed by atoms with Gasteiger partial charge in [0.2, 0.25) is 0 Å². The van der Waals surface area contributed by atoms with E-state index in [0.29, 0.717) is 0 Å². The van der Waals surface area contributed by atoms with Crippen LogP contribution in [-0.2, 0) is 10.5 Å². The summed E-state index contributed by atoms with van der Waals surface area (Å²) >= 11 is 3.58. The standard InChI is InChI=1S/C16H27BrO3Si/c1-11-12(10-21(8,20-7)16(2,3)4)9-13(17)15(19-6)14(11)18-5/h9H,10H2,1-8H3. The molecule has 1 aromatic carbocycles. The molecule has 0 aliphatic heterocycles. The van der Waals surface area contributed by atoms with E-state index in [4.69, 9.17) is 13.9 Å². The van der Waals surface area contributed by atoms with Gasteiger partial charge in [-0.1, -0.05) is 20.8 Å². The van der Waals surface area contributed by atoms with Gasteiger partial charge in [0.1, 0.15) is 0 Å². The molecule has 0 bridgehead atoms. The first-order valence-electron chi connectivity index (χ1n) is 7.06. The zero-order chi connectivity index (χ0) is 16.4. The average Bonchev–Trinajstić information content (AvgIpc) is 2.40. The lowest BCUT2D eigenvalue weighted by atomic mass is 10.1. The van der Waals surface area contributed by atoms with E-state index < -0.39 is 8.32 Å². The van der Waals surface area contributed by atoms with Gasteiger partial charge in [-0.25, -0.2) is 0 Å². The van der Waals surface area contributed by atoms with Gasteiger partial charge in [0.15, 0.2) is 19.8 Å². The molecule has 0 aromatic heterocycles. The average molecular weight is 375 g/mol. The molecule has 0 N–H and O–H groups in total. The third-order valence-corrected chi connectivity index (χ3v) is 10.2. The fourth-order valence-electron chi connectivity index (χ4n) is 2.38. The molecule has 1 unspecified atom stereocenters. The van der Waals surface area contributed by atoms with E-state index in [1.807, 2.05) is 7.11 Å². The Morgan fingerprint density at radius 3 is 2.00 bits per heavy atom. The lowest BCUT2D eigenvalue weighted by Gasteiger charge is -2.38. The molecule has 0 aliphatic rings. The minimum atomic E-state index is -1.90. The summed E-state index contributed by atoms with van der Waals surface area (Å²) < 4.78 is 17.9. The first kappa shape index (κ1) is 18.5. The maximum Gasteiger partial charge on any atom is 0.198 e. The van der Waals surface area contributed by atoms with Crippen molar-refractivity contribution < 1.29 is 13.9 Å². The maximum absolute atomic E-state index is 5.98. The third kappa shape index (κ3) is 3.63. The largest absolute Gasteiger partial charge is 0.493 e. The molecule has 0 amide bonds. The molecule has 120 valence electrons. The van der Waals surface area contributed by atoms with Gasteiger partial charge in [-0.2, -0.15) is 0 Å². The smallest absolute Gasteiger partial charge is 0.198 e. The Labute approximate surface area is 138 Å². The van der Waals surface area contributed by atoms with Gasteiger partial charge >= 0.3 is 0 Å². The molecule has 0 spiro atoms. The molecular formula is C16H27BrO3Si.